The maximum atomic E-state index is 11.5. The van der Waals surface area contributed by atoms with E-state index in [-0.39, 0.29) is 5.97 Å². The number of halogens is 1. The summed E-state index contributed by atoms with van der Waals surface area (Å²) in [4.78, 5) is 13.4. The fourth-order valence-electron chi connectivity index (χ4n) is 1.86. The molecule has 0 heterocycles. The van der Waals surface area contributed by atoms with Crippen molar-refractivity contribution in [3.05, 3.63) is 71.9 Å². The van der Waals surface area contributed by atoms with Crippen LogP contribution in [0.15, 0.2) is 66.9 Å². The van der Waals surface area contributed by atoms with Crippen molar-refractivity contribution in [2.24, 2.45) is 0 Å². The number of carbonyl (C=O) groups is 1. The molecule has 4 heteroatoms. The predicted molar refractivity (Wildman–Crippen MR) is 85.8 cm³/mol. The summed E-state index contributed by atoms with van der Waals surface area (Å²) in [6.07, 6.45) is 3.08. The molecule has 0 N–H and O–H groups in total. The van der Waals surface area contributed by atoms with Gasteiger partial charge in [-0.15, -0.1) is 0 Å². The van der Waals surface area contributed by atoms with Crippen LogP contribution >= 0.6 is 11.6 Å². The van der Waals surface area contributed by atoms with Crippen molar-refractivity contribution < 1.29 is 9.53 Å². The number of hydrogen-bond donors (Lipinski definition) is 0. The van der Waals surface area contributed by atoms with E-state index in [9.17, 15) is 4.79 Å². The maximum Gasteiger partial charge on any atom is 0.332 e. The summed E-state index contributed by atoms with van der Waals surface area (Å²) in [5.74, 6) is -0.375. The van der Waals surface area contributed by atoms with Crippen LogP contribution in [-0.4, -0.2) is 12.6 Å². The van der Waals surface area contributed by atoms with Crippen molar-refractivity contribution in [2.75, 3.05) is 11.5 Å². The van der Waals surface area contributed by atoms with Gasteiger partial charge in [-0.05, 0) is 37.3 Å². The maximum absolute atomic E-state index is 11.5. The van der Waals surface area contributed by atoms with E-state index in [1.165, 1.54) is 6.08 Å². The van der Waals surface area contributed by atoms with E-state index < -0.39 is 0 Å². The van der Waals surface area contributed by atoms with Crippen LogP contribution in [0.1, 0.15) is 6.92 Å². The first kappa shape index (κ1) is 15.1. The summed E-state index contributed by atoms with van der Waals surface area (Å²) in [5, 5.41) is 0.637. The highest BCUT2D eigenvalue weighted by atomic mass is 35.5. The second-order valence-corrected chi connectivity index (χ2v) is 4.69. The lowest BCUT2D eigenvalue weighted by Crippen LogP contribution is -2.10. The SMILES string of the molecule is CCOC(=O)/C=C/N(c1ccccc1)c1cccc(Cl)c1. The molecule has 0 fully saturated rings. The number of ether oxygens (including phenoxy) is 1. The van der Waals surface area contributed by atoms with E-state index in [1.807, 2.05) is 59.5 Å². The van der Waals surface area contributed by atoms with Gasteiger partial charge in [0.15, 0.2) is 0 Å². The van der Waals surface area contributed by atoms with E-state index in [1.54, 1.807) is 13.1 Å². The number of esters is 1. The van der Waals surface area contributed by atoms with Gasteiger partial charge in [-0.3, -0.25) is 0 Å². The molecule has 3 nitrogen and oxygen atoms in total. The molecule has 0 radical (unpaired) electrons. The van der Waals surface area contributed by atoms with E-state index in [2.05, 4.69) is 0 Å². The molecule has 0 saturated heterocycles. The van der Waals surface area contributed by atoms with Crippen LogP contribution in [0.5, 0.6) is 0 Å². The molecule has 0 atom stereocenters. The summed E-state index contributed by atoms with van der Waals surface area (Å²) in [6.45, 7) is 2.13. The average Bonchev–Trinajstić information content (AvgIpc) is 2.49. The van der Waals surface area contributed by atoms with Crippen LogP contribution in [0.25, 0.3) is 0 Å². The summed E-state index contributed by atoms with van der Waals surface area (Å²) in [6, 6.07) is 17.2. The van der Waals surface area contributed by atoms with Gasteiger partial charge < -0.3 is 9.64 Å². The van der Waals surface area contributed by atoms with Crippen LogP contribution < -0.4 is 4.90 Å². The zero-order valence-corrected chi connectivity index (χ0v) is 12.5. The van der Waals surface area contributed by atoms with Gasteiger partial charge in [-0.25, -0.2) is 4.79 Å². The Hall–Kier alpha value is -2.26. The van der Waals surface area contributed by atoms with Crippen molar-refractivity contribution in [2.45, 2.75) is 6.92 Å². The minimum Gasteiger partial charge on any atom is -0.463 e. The molecule has 0 spiro atoms. The lowest BCUT2D eigenvalue weighted by molar-refractivity contribution is -0.137. The molecule has 0 aliphatic rings. The van der Waals surface area contributed by atoms with E-state index in [0.29, 0.717) is 11.6 Å². The van der Waals surface area contributed by atoms with Crippen molar-refractivity contribution in [3.8, 4) is 0 Å². The van der Waals surface area contributed by atoms with Crippen molar-refractivity contribution in [1.82, 2.24) is 0 Å². The van der Waals surface area contributed by atoms with E-state index in [0.717, 1.165) is 11.4 Å². The molecule has 0 aromatic heterocycles. The molecule has 0 unspecified atom stereocenters. The topological polar surface area (TPSA) is 29.5 Å². The number of hydrogen-bond acceptors (Lipinski definition) is 3. The van der Waals surface area contributed by atoms with E-state index >= 15 is 0 Å². The Kier molecular flexibility index (Phi) is 5.41. The molecule has 21 heavy (non-hydrogen) atoms. The standard InChI is InChI=1S/C17H16ClNO2/c1-2-21-17(20)11-12-19(15-8-4-3-5-9-15)16-10-6-7-14(18)13-16/h3-13H,2H2,1H3/b12-11+. The molecule has 108 valence electrons. The molecule has 0 aliphatic heterocycles. The van der Waals surface area contributed by atoms with Gasteiger partial charge in [0.1, 0.15) is 0 Å². The Morgan fingerprint density at radius 1 is 1.14 bits per heavy atom. The monoisotopic (exact) mass is 301 g/mol. The predicted octanol–water partition coefficient (Wildman–Crippen LogP) is 4.55. The molecule has 0 aliphatic carbocycles. The number of carbonyl (C=O) groups excluding carboxylic acids is 1. The second kappa shape index (κ2) is 7.50. The summed E-state index contributed by atoms with van der Waals surface area (Å²) < 4.78 is 4.91. The normalized spacial score (nSPS) is 10.6. The van der Waals surface area contributed by atoms with Crippen LogP contribution in [0.3, 0.4) is 0 Å². The fraction of sp³-hybridized carbons (Fsp3) is 0.118. The van der Waals surface area contributed by atoms with Crippen molar-refractivity contribution >= 4 is 28.9 Å². The number of rotatable bonds is 5. The first-order chi connectivity index (χ1) is 10.2. The van der Waals surface area contributed by atoms with Gasteiger partial charge in [0, 0.05) is 28.7 Å². The first-order valence-electron chi connectivity index (χ1n) is 6.65. The molecule has 0 bridgehead atoms. The third kappa shape index (κ3) is 4.36. The average molecular weight is 302 g/mol. The first-order valence-corrected chi connectivity index (χ1v) is 7.03. The van der Waals surface area contributed by atoms with Crippen LogP contribution in [0, 0.1) is 0 Å². The molecular formula is C17H16ClNO2. The van der Waals surface area contributed by atoms with Gasteiger partial charge in [-0.2, -0.15) is 0 Å². The largest absolute Gasteiger partial charge is 0.463 e. The minimum atomic E-state index is -0.375. The third-order valence-electron chi connectivity index (χ3n) is 2.77. The Labute approximate surface area is 129 Å². The van der Waals surface area contributed by atoms with Crippen molar-refractivity contribution in [3.63, 3.8) is 0 Å². The highest BCUT2D eigenvalue weighted by Crippen LogP contribution is 2.27. The summed E-state index contributed by atoms with van der Waals surface area (Å²) >= 11 is 6.05. The number of benzene rings is 2. The Balaban J connectivity index is 2.33. The number of nitrogens with zero attached hydrogens (tertiary/aromatic N) is 1. The Bertz CT molecular complexity index is 626. The Morgan fingerprint density at radius 3 is 2.52 bits per heavy atom. The molecule has 2 rings (SSSR count). The van der Waals surface area contributed by atoms with Gasteiger partial charge in [-0.1, -0.05) is 35.9 Å². The quantitative estimate of drug-likeness (QED) is 0.599. The van der Waals surface area contributed by atoms with Crippen molar-refractivity contribution in [1.29, 1.82) is 0 Å². The van der Waals surface area contributed by atoms with Crippen LogP contribution in [-0.2, 0) is 9.53 Å². The van der Waals surface area contributed by atoms with Crippen LogP contribution in [0.2, 0.25) is 5.02 Å². The third-order valence-corrected chi connectivity index (χ3v) is 3.00. The molecule has 2 aromatic rings. The molecule has 2 aromatic carbocycles. The second-order valence-electron chi connectivity index (χ2n) is 4.25. The van der Waals surface area contributed by atoms with Crippen LogP contribution in [0.4, 0.5) is 11.4 Å². The highest BCUT2D eigenvalue weighted by Gasteiger charge is 2.07. The summed E-state index contributed by atoms with van der Waals surface area (Å²) in [5.41, 5.74) is 1.80. The van der Waals surface area contributed by atoms with E-state index in [4.69, 9.17) is 16.3 Å². The highest BCUT2D eigenvalue weighted by molar-refractivity contribution is 6.30. The molecule has 0 saturated carbocycles. The van der Waals surface area contributed by atoms with Gasteiger partial charge >= 0.3 is 5.97 Å². The molecular weight excluding hydrogens is 286 g/mol. The van der Waals surface area contributed by atoms with Gasteiger partial charge in [0.05, 0.1) is 6.61 Å². The number of anilines is 2. The lowest BCUT2D eigenvalue weighted by Gasteiger charge is -2.20. The fourth-order valence-corrected chi connectivity index (χ4v) is 2.05. The minimum absolute atomic E-state index is 0.353. The smallest absolute Gasteiger partial charge is 0.332 e. The summed E-state index contributed by atoms with van der Waals surface area (Å²) in [7, 11) is 0. The van der Waals surface area contributed by atoms with Gasteiger partial charge in [0.2, 0.25) is 0 Å². The zero-order chi connectivity index (χ0) is 15.1. The zero-order valence-electron chi connectivity index (χ0n) is 11.7. The molecule has 0 amide bonds. The number of para-hydroxylation sites is 1. The van der Waals surface area contributed by atoms with Gasteiger partial charge in [0.25, 0.3) is 0 Å². The Morgan fingerprint density at radius 2 is 1.86 bits per heavy atom. The lowest BCUT2D eigenvalue weighted by atomic mass is 10.2.